The van der Waals surface area contributed by atoms with Gasteiger partial charge in [0.25, 0.3) is 0 Å². The van der Waals surface area contributed by atoms with E-state index in [4.69, 9.17) is 10.2 Å². The number of carbonyl (C=O) groups is 3. The summed E-state index contributed by atoms with van der Waals surface area (Å²) >= 11 is 0. The van der Waals surface area contributed by atoms with Gasteiger partial charge in [0, 0.05) is 11.8 Å². The Kier molecular flexibility index (Phi) is 12.9. The van der Waals surface area contributed by atoms with Gasteiger partial charge in [-0.15, -0.1) is 0 Å². The van der Waals surface area contributed by atoms with E-state index >= 15 is 0 Å². The van der Waals surface area contributed by atoms with E-state index in [1.165, 1.54) is 19.3 Å². The molecule has 0 spiro atoms. The molecule has 0 aromatic rings. The summed E-state index contributed by atoms with van der Waals surface area (Å²) in [5, 5.41) is 16.7. The molecule has 0 aliphatic heterocycles. The predicted molar refractivity (Wildman–Crippen MR) is 82.3 cm³/mol. The molecule has 0 aliphatic rings. The van der Waals surface area contributed by atoms with Crippen molar-refractivity contribution >= 4 is 17.7 Å². The van der Waals surface area contributed by atoms with Crippen molar-refractivity contribution in [1.82, 2.24) is 0 Å². The van der Waals surface area contributed by atoms with Gasteiger partial charge in [-0.05, 0) is 12.8 Å². The molecule has 0 aromatic heterocycles. The number of Topliss-reactive ketones (excluding diaryl/α,β-unsaturated/α-hetero) is 1. The fourth-order valence-corrected chi connectivity index (χ4v) is 1.91. The molecule has 5 nitrogen and oxygen atoms in total. The predicted octanol–water partition coefficient (Wildman–Crippen LogP) is 3.90. The first-order valence-corrected chi connectivity index (χ1v) is 7.68. The molecule has 0 unspecified atom stereocenters. The number of carboxylic acid groups (broad SMARTS) is 2. The summed E-state index contributed by atoms with van der Waals surface area (Å²) in [7, 11) is 0. The largest absolute Gasteiger partial charge is 0.481 e. The fourth-order valence-electron chi connectivity index (χ4n) is 1.91. The highest BCUT2D eigenvalue weighted by molar-refractivity contribution is 6.34. The first kappa shape index (κ1) is 21.9. The van der Waals surface area contributed by atoms with E-state index in [2.05, 4.69) is 6.92 Å². The highest BCUT2D eigenvalue weighted by Gasteiger charge is 2.31. The van der Waals surface area contributed by atoms with Crippen LogP contribution in [-0.2, 0) is 14.4 Å². The number of hydrogen-bond donors (Lipinski definition) is 2. The van der Waals surface area contributed by atoms with E-state index in [0.29, 0.717) is 12.8 Å². The average Bonchev–Trinajstić information content (AvgIpc) is 2.37. The van der Waals surface area contributed by atoms with E-state index in [9.17, 15) is 14.4 Å². The van der Waals surface area contributed by atoms with Crippen molar-refractivity contribution in [2.75, 3.05) is 0 Å². The van der Waals surface area contributed by atoms with Gasteiger partial charge in [-0.3, -0.25) is 9.59 Å². The maximum Gasteiger partial charge on any atom is 0.372 e. The summed E-state index contributed by atoms with van der Waals surface area (Å²) in [6.45, 7) is 7.40. The van der Waals surface area contributed by atoms with Crippen LogP contribution in [0.5, 0.6) is 0 Å². The number of ketones is 1. The van der Waals surface area contributed by atoms with Gasteiger partial charge in [-0.25, -0.2) is 4.79 Å². The van der Waals surface area contributed by atoms with E-state index in [1.807, 2.05) is 6.92 Å². The topological polar surface area (TPSA) is 91.7 Å². The standard InChI is InChI=1S/C8H14O3.C8H16O2/c1-4-5-8(2,3)6(9)7(10)11;1-2-3-4-5-6-7-8(9)10/h4-5H2,1-3H3,(H,10,11);2-7H2,1H3,(H,9,10). The first-order chi connectivity index (χ1) is 9.68. The fraction of sp³-hybridized carbons (Fsp3) is 0.812. The third kappa shape index (κ3) is 13.4. The lowest BCUT2D eigenvalue weighted by Gasteiger charge is -2.18. The van der Waals surface area contributed by atoms with Gasteiger partial charge in [-0.1, -0.05) is 59.8 Å². The Morgan fingerprint density at radius 1 is 0.857 bits per heavy atom. The second kappa shape index (κ2) is 12.4. The lowest BCUT2D eigenvalue weighted by atomic mass is 9.83. The Hall–Kier alpha value is -1.39. The zero-order valence-electron chi connectivity index (χ0n) is 13.8. The van der Waals surface area contributed by atoms with Crippen LogP contribution in [0.3, 0.4) is 0 Å². The Morgan fingerprint density at radius 3 is 1.76 bits per heavy atom. The van der Waals surface area contributed by atoms with Crippen molar-refractivity contribution in [3.8, 4) is 0 Å². The van der Waals surface area contributed by atoms with Crippen LogP contribution < -0.4 is 0 Å². The molecule has 0 bridgehead atoms. The average molecular weight is 302 g/mol. The van der Waals surface area contributed by atoms with Crippen LogP contribution in [0.25, 0.3) is 0 Å². The van der Waals surface area contributed by atoms with E-state index in [-0.39, 0.29) is 0 Å². The van der Waals surface area contributed by atoms with Gasteiger partial charge in [0.2, 0.25) is 5.78 Å². The van der Waals surface area contributed by atoms with Gasteiger partial charge in [0.1, 0.15) is 0 Å². The Balaban J connectivity index is 0. The minimum Gasteiger partial charge on any atom is -0.481 e. The van der Waals surface area contributed by atoms with E-state index < -0.39 is 23.1 Å². The number of hydrogen-bond acceptors (Lipinski definition) is 3. The molecular formula is C16H30O5. The molecule has 21 heavy (non-hydrogen) atoms. The van der Waals surface area contributed by atoms with Crippen molar-refractivity contribution in [3.63, 3.8) is 0 Å². The van der Waals surface area contributed by atoms with Crippen LogP contribution in [0, 0.1) is 5.41 Å². The number of rotatable bonds is 10. The SMILES string of the molecule is CCCC(C)(C)C(=O)C(=O)O.CCCCCCCC(=O)O. The molecule has 0 rings (SSSR count). The van der Waals surface area contributed by atoms with Crippen molar-refractivity contribution in [3.05, 3.63) is 0 Å². The highest BCUT2D eigenvalue weighted by Crippen LogP contribution is 2.23. The maximum absolute atomic E-state index is 11.0. The number of carboxylic acids is 2. The quantitative estimate of drug-likeness (QED) is 0.471. The zero-order valence-corrected chi connectivity index (χ0v) is 13.8. The summed E-state index contributed by atoms with van der Waals surface area (Å²) in [6, 6.07) is 0. The first-order valence-electron chi connectivity index (χ1n) is 7.68. The summed E-state index contributed by atoms with van der Waals surface area (Å²) < 4.78 is 0. The summed E-state index contributed by atoms with van der Waals surface area (Å²) in [5.74, 6) is -2.70. The van der Waals surface area contributed by atoms with Gasteiger partial charge in [0.05, 0.1) is 0 Å². The molecule has 0 aliphatic carbocycles. The van der Waals surface area contributed by atoms with Crippen LogP contribution in [0.1, 0.15) is 79.1 Å². The minimum atomic E-state index is -1.33. The zero-order chi connectivity index (χ0) is 16.9. The number of carbonyl (C=O) groups excluding carboxylic acids is 1. The third-order valence-corrected chi connectivity index (χ3v) is 3.18. The molecule has 0 fully saturated rings. The minimum absolute atomic E-state index is 0.337. The van der Waals surface area contributed by atoms with Gasteiger partial charge >= 0.3 is 11.9 Å². The van der Waals surface area contributed by atoms with E-state index in [0.717, 1.165) is 19.3 Å². The van der Waals surface area contributed by atoms with Crippen molar-refractivity contribution in [2.45, 2.75) is 79.1 Å². The van der Waals surface area contributed by atoms with Gasteiger partial charge in [0.15, 0.2) is 0 Å². The number of unbranched alkanes of at least 4 members (excludes halogenated alkanes) is 4. The molecular weight excluding hydrogens is 272 g/mol. The Labute approximate surface area is 127 Å². The summed E-state index contributed by atoms with van der Waals surface area (Å²) in [4.78, 5) is 31.3. The summed E-state index contributed by atoms with van der Waals surface area (Å²) in [6.07, 6.45) is 7.33. The van der Waals surface area contributed by atoms with Crippen molar-refractivity contribution in [1.29, 1.82) is 0 Å². The van der Waals surface area contributed by atoms with E-state index in [1.54, 1.807) is 13.8 Å². The molecule has 0 radical (unpaired) electrons. The molecule has 124 valence electrons. The molecule has 0 saturated carbocycles. The molecule has 0 amide bonds. The molecule has 0 saturated heterocycles. The van der Waals surface area contributed by atoms with Crippen LogP contribution in [0.2, 0.25) is 0 Å². The van der Waals surface area contributed by atoms with Crippen molar-refractivity contribution in [2.24, 2.45) is 5.41 Å². The molecule has 5 heteroatoms. The molecule has 2 N–H and O–H groups in total. The van der Waals surface area contributed by atoms with Crippen LogP contribution in [0.15, 0.2) is 0 Å². The Morgan fingerprint density at radius 2 is 1.38 bits per heavy atom. The summed E-state index contributed by atoms with van der Waals surface area (Å²) in [5.41, 5.74) is -0.708. The highest BCUT2D eigenvalue weighted by atomic mass is 16.4. The maximum atomic E-state index is 11.0. The number of aliphatic carboxylic acids is 2. The second-order valence-corrected chi connectivity index (χ2v) is 5.83. The van der Waals surface area contributed by atoms with Crippen molar-refractivity contribution < 1.29 is 24.6 Å². The van der Waals surface area contributed by atoms with Crippen LogP contribution in [-0.4, -0.2) is 27.9 Å². The lowest BCUT2D eigenvalue weighted by Crippen LogP contribution is -2.30. The monoisotopic (exact) mass is 302 g/mol. The normalized spacial score (nSPS) is 10.5. The molecule has 0 heterocycles. The third-order valence-electron chi connectivity index (χ3n) is 3.18. The van der Waals surface area contributed by atoms with Crippen LogP contribution >= 0.6 is 0 Å². The van der Waals surface area contributed by atoms with Crippen LogP contribution in [0.4, 0.5) is 0 Å². The lowest BCUT2D eigenvalue weighted by molar-refractivity contribution is -0.153. The molecule has 0 atom stereocenters. The molecule has 0 aromatic carbocycles. The van der Waals surface area contributed by atoms with Gasteiger partial charge in [-0.2, -0.15) is 0 Å². The van der Waals surface area contributed by atoms with Gasteiger partial charge < -0.3 is 10.2 Å². The smallest absolute Gasteiger partial charge is 0.372 e. The second-order valence-electron chi connectivity index (χ2n) is 5.83. The Bertz CT molecular complexity index is 321.